The molecule has 2 nitrogen and oxygen atoms in total. The lowest BCUT2D eigenvalue weighted by Gasteiger charge is -2.30. The Morgan fingerprint density at radius 2 is 2.45 bits per heavy atom. The van der Waals surface area contributed by atoms with Crippen LogP contribution in [0.4, 0.5) is 0 Å². The van der Waals surface area contributed by atoms with Crippen LogP contribution in [0, 0.1) is 0 Å². The molecule has 1 N–H and O–H groups in total. The summed E-state index contributed by atoms with van der Waals surface area (Å²) in [6.07, 6.45) is 4.22. The first kappa shape index (κ1) is 8.75. The Kier molecular flexibility index (Phi) is 2.68. The SMILES string of the molecule is C=CC(NC)C1(C)CCCO1. The van der Waals surface area contributed by atoms with E-state index in [1.54, 1.807) is 0 Å². The third-order valence-electron chi connectivity index (χ3n) is 2.45. The summed E-state index contributed by atoms with van der Waals surface area (Å²) in [7, 11) is 1.94. The van der Waals surface area contributed by atoms with Crippen molar-refractivity contribution in [3.8, 4) is 0 Å². The summed E-state index contributed by atoms with van der Waals surface area (Å²) in [6, 6.07) is 0.282. The molecule has 1 rings (SSSR count). The maximum Gasteiger partial charge on any atom is 0.0843 e. The molecule has 1 heterocycles. The van der Waals surface area contributed by atoms with Crippen molar-refractivity contribution in [1.29, 1.82) is 0 Å². The number of nitrogens with one attached hydrogen (secondary N) is 1. The Labute approximate surface area is 68.6 Å². The maximum absolute atomic E-state index is 5.65. The van der Waals surface area contributed by atoms with Gasteiger partial charge in [-0.05, 0) is 26.8 Å². The summed E-state index contributed by atoms with van der Waals surface area (Å²) in [5.74, 6) is 0. The van der Waals surface area contributed by atoms with Crippen molar-refractivity contribution >= 4 is 0 Å². The van der Waals surface area contributed by atoms with Gasteiger partial charge in [0.15, 0.2) is 0 Å². The first-order valence-electron chi connectivity index (χ1n) is 4.17. The van der Waals surface area contributed by atoms with E-state index in [0.29, 0.717) is 0 Å². The number of hydrogen-bond donors (Lipinski definition) is 1. The fraction of sp³-hybridized carbons (Fsp3) is 0.778. The van der Waals surface area contributed by atoms with Crippen molar-refractivity contribution in [3.63, 3.8) is 0 Å². The quantitative estimate of drug-likeness (QED) is 0.621. The zero-order valence-electron chi connectivity index (χ0n) is 7.39. The predicted octanol–water partition coefficient (Wildman–Crippen LogP) is 1.33. The lowest BCUT2D eigenvalue weighted by atomic mass is 9.93. The molecule has 1 aliphatic heterocycles. The second kappa shape index (κ2) is 3.37. The fourth-order valence-corrected chi connectivity index (χ4v) is 1.72. The molecule has 0 spiro atoms. The highest BCUT2D eigenvalue weighted by molar-refractivity contribution is 5.01. The van der Waals surface area contributed by atoms with Gasteiger partial charge in [-0.3, -0.25) is 0 Å². The highest BCUT2D eigenvalue weighted by Gasteiger charge is 2.35. The van der Waals surface area contributed by atoms with Gasteiger partial charge in [-0.15, -0.1) is 6.58 Å². The first-order valence-corrected chi connectivity index (χ1v) is 4.17. The van der Waals surface area contributed by atoms with Gasteiger partial charge in [0.2, 0.25) is 0 Å². The van der Waals surface area contributed by atoms with E-state index in [1.807, 2.05) is 13.1 Å². The van der Waals surface area contributed by atoms with E-state index in [9.17, 15) is 0 Å². The van der Waals surface area contributed by atoms with E-state index in [1.165, 1.54) is 6.42 Å². The third-order valence-corrected chi connectivity index (χ3v) is 2.45. The molecule has 0 amide bonds. The van der Waals surface area contributed by atoms with Crippen molar-refractivity contribution in [2.45, 2.75) is 31.4 Å². The van der Waals surface area contributed by atoms with Crippen LogP contribution < -0.4 is 5.32 Å². The highest BCUT2D eigenvalue weighted by atomic mass is 16.5. The second-order valence-electron chi connectivity index (χ2n) is 3.27. The number of likely N-dealkylation sites (N-methyl/N-ethyl adjacent to an activating group) is 1. The summed E-state index contributed by atoms with van der Waals surface area (Å²) < 4.78 is 5.65. The van der Waals surface area contributed by atoms with Gasteiger partial charge in [0.25, 0.3) is 0 Å². The smallest absolute Gasteiger partial charge is 0.0843 e. The highest BCUT2D eigenvalue weighted by Crippen LogP contribution is 2.28. The molecule has 0 aromatic rings. The molecule has 1 aliphatic rings. The van der Waals surface area contributed by atoms with Crippen molar-refractivity contribution < 1.29 is 4.74 Å². The predicted molar refractivity (Wildman–Crippen MR) is 46.6 cm³/mol. The maximum atomic E-state index is 5.65. The molecule has 2 atom stereocenters. The van der Waals surface area contributed by atoms with Gasteiger partial charge in [0.1, 0.15) is 0 Å². The van der Waals surface area contributed by atoms with Crippen LogP contribution in [0.2, 0.25) is 0 Å². The van der Waals surface area contributed by atoms with E-state index in [-0.39, 0.29) is 11.6 Å². The first-order chi connectivity index (χ1) is 5.23. The molecule has 0 aliphatic carbocycles. The molecule has 1 saturated heterocycles. The van der Waals surface area contributed by atoms with Crippen LogP contribution in [0.15, 0.2) is 12.7 Å². The molecule has 0 bridgehead atoms. The Balaban J connectivity index is 2.60. The average molecular weight is 155 g/mol. The standard InChI is InChI=1S/C9H17NO/c1-4-8(10-3)9(2)6-5-7-11-9/h4,8,10H,1,5-7H2,2-3H3. The minimum absolute atomic E-state index is 0.0174. The Morgan fingerprint density at radius 3 is 2.82 bits per heavy atom. The molecule has 0 aromatic heterocycles. The molecule has 2 heteroatoms. The number of hydrogen-bond acceptors (Lipinski definition) is 2. The van der Waals surface area contributed by atoms with Crippen LogP contribution in [0.3, 0.4) is 0 Å². The molecule has 11 heavy (non-hydrogen) atoms. The van der Waals surface area contributed by atoms with Gasteiger partial charge < -0.3 is 10.1 Å². The van der Waals surface area contributed by atoms with Gasteiger partial charge in [0.05, 0.1) is 11.6 Å². The van der Waals surface area contributed by atoms with E-state index in [4.69, 9.17) is 4.74 Å². The summed E-state index contributed by atoms with van der Waals surface area (Å²) in [5, 5.41) is 3.19. The molecular weight excluding hydrogens is 138 g/mol. The van der Waals surface area contributed by atoms with Crippen molar-refractivity contribution in [3.05, 3.63) is 12.7 Å². The Hall–Kier alpha value is -0.340. The number of ether oxygens (including phenoxy) is 1. The number of rotatable bonds is 3. The molecule has 0 aromatic carbocycles. The minimum atomic E-state index is -0.0174. The molecular formula is C9H17NO. The van der Waals surface area contributed by atoms with Gasteiger partial charge >= 0.3 is 0 Å². The Morgan fingerprint density at radius 1 is 1.73 bits per heavy atom. The van der Waals surface area contributed by atoms with Crippen molar-refractivity contribution in [2.24, 2.45) is 0 Å². The van der Waals surface area contributed by atoms with Crippen LogP contribution >= 0.6 is 0 Å². The van der Waals surface area contributed by atoms with E-state index < -0.39 is 0 Å². The second-order valence-corrected chi connectivity index (χ2v) is 3.27. The monoisotopic (exact) mass is 155 g/mol. The zero-order valence-corrected chi connectivity index (χ0v) is 7.39. The largest absolute Gasteiger partial charge is 0.373 e. The van der Waals surface area contributed by atoms with E-state index in [0.717, 1.165) is 13.0 Å². The summed E-state index contributed by atoms with van der Waals surface area (Å²) >= 11 is 0. The van der Waals surface area contributed by atoms with Crippen LogP contribution in [0.1, 0.15) is 19.8 Å². The fourth-order valence-electron chi connectivity index (χ4n) is 1.72. The molecule has 0 saturated carbocycles. The molecule has 64 valence electrons. The average Bonchev–Trinajstić information content (AvgIpc) is 2.39. The van der Waals surface area contributed by atoms with E-state index in [2.05, 4.69) is 18.8 Å². The van der Waals surface area contributed by atoms with E-state index >= 15 is 0 Å². The van der Waals surface area contributed by atoms with Crippen LogP contribution in [0.25, 0.3) is 0 Å². The molecule has 2 unspecified atom stereocenters. The zero-order chi connectivity index (χ0) is 8.32. The van der Waals surface area contributed by atoms with Gasteiger partial charge in [-0.1, -0.05) is 6.08 Å². The van der Waals surface area contributed by atoms with Crippen molar-refractivity contribution in [1.82, 2.24) is 5.32 Å². The molecule has 1 fully saturated rings. The van der Waals surface area contributed by atoms with Gasteiger partial charge in [-0.25, -0.2) is 0 Å². The van der Waals surface area contributed by atoms with Gasteiger partial charge in [0, 0.05) is 6.61 Å². The van der Waals surface area contributed by atoms with Crippen molar-refractivity contribution in [2.75, 3.05) is 13.7 Å². The lowest BCUT2D eigenvalue weighted by Crippen LogP contribution is -2.45. The Bertz CT molecular complexity index is 138. The molecule has 0 radical (unpaired) electrons. The topological polar surface area (TPSA) is 21.3 Å². The van der Waals surface area contributed by atoms with Crippen LogP contribution in [-0.4, -0.2) is 25.3 Å². The third kappa shape index (κ3) is 1.63. The lowest BCUT2D eigenvalue weighted by molar-refractivity contribution is 0.00312. The summed E-state index contributed by atoms with van der Waals surface area (Å²) in [6.45, 7) is 6.81. The summed E-state index contributed by atoms with van der Waals surface area (Å²) in [5.41, 5.74) is -0.0174. The minimum Gasteiger partial charge on any atom is -0.373 e. The van der Waals surface area contributed by atoms with Crippen LogP contribution in [0.5, 0.6) is 0 Å². The summed E-state index contributed by atoms with van der Waals surface area (Å²) in [4.78, 5) is 0. The van der Waals surface area contributed by atoms with Crippen LogP contribution in [-0.2, 0) is 4.74 Å². The van der Waals surface area contributed by atoms with Gasteiger partial charge in [-0.2, -0.15) is 0 Å². The normalized spacial score (nSPS) is 33.6.